The van der Waals surface area contributed by atoms with Crippen LogP contribution < -0.4 is 10.6 Å². The van der Waals surface area contributed by atoms with Gasteiger partial charge in [-0.3, -0.25) is 9.97 Å². The summed E-state index contributed by atoms with van der Waals surface area (Å²) < 4.78 is 0. The summed E-state index contributed by atoms with van der Waals surface area (Å²) in [5.74, 6) is 0. The van der Waals surface area contributed by atoms with Crippen LogP contribution in [0.2, 0.25) is 0 Å². The van der Waals surface area contributed by atoms with Gasteiger partial charge in [-0.1, -0.05) is 121 Å². The Balaban J connectivity index is 1.10. The predicted octanol–water partition coefficient (Wildman–Crippen LogP) is 13.5. The van der Waals surface area contributed by atoms with Gasteiger partial charge in [0.05, 0.1) is 0 Å². The maximum atomic E-state index is 4.35. The number of rotatable bonds is 9. The SMILES string of the molecule is CC1NC=CC=C1c1ccc(-c2cc(-c3ccc(C4=CC=CNC4)cc3)cc(-c3cc(-c4ccc(-c5cccnc5)cc4)cc(-c4ccc(-c5cccnc5)cc4)c3)c2)cc1. The van der Waals surface area contributed by atoms with Crippen LogP contribution in [0.1, 0.15) is 18.1 Å². The summed E-state index contributed by atoms with van der Waals surface area (Å²) in [5.41, 5.74) is 21.1. The van der Waals surface area contributed by atoms with Crippen LogP contribution in [-0.4, -0.2) is 22.6 Å². The summed E-state index contributed by atoms with van der Waals surface area (Å²) in [6.45, 7) is 3.03. The molecular formula is C57H44N4. The van der Waals surface area contributed by atoms with Crippen molar-refractivity contribution in [3.05, 3.63) is 230 Å². The van der Waals surface area contributed by atoms with E-state index in [1.165, 1.54) is 44.5 Å². The highest BCUT2D eigenvalue weighted by atomic mass is 14.9. The highest BCUT2D eigenvalue weighted by Crippen LogP contribution is 2.39. The minimum Gasteiger partial charge on any atom is -0.387 e. The first kappa shape index (κ1) is 37.5. The smallest absolute Gasteiger partial charge is 0.0486 e. The van der Waals surface area contributed by atoms with E-state index < -0.39 is 0 Å². The molecule has 0 fully saturated rings. The first-order valence-corrected chi connectivity index (χ1v) is 20.9. The third-order valence-corrected chi connectivity index (χ3v) is 11.8. The van der Waals surface area contributed by atoms with Crippen LogP contribution in [0.5, 0.6) is 0 Å². The van der Waals surface area contributed by atoms with Crippen molar-refractivity contribution in [3.63, 3.8) is 0 Å². The van der Waals surface area contributed by atoms with Gasteiger partial charge in [0, 0.05) is 37.4 Å². The minimum atomic E-state index is 0.254. The van der Waals surface area contributed by atoms with Crippen molar-refractivity contribution in [2.24, 2.45) is 0 Å². The maximum absolute atomic E-state index is 4.35. The fraction of sp³-hybridized carbons (Fsp3) is 0.0526. The molecule has 0 aliphatic carbocycles. The van der Waals surface area contributed by atoms with E-state index in [4.69, 9.17) is 0 Å². The van der Waals surface area contributed by atoms with Gasteiger partial charge in [-0.2, -0.15) is 0 Å². The zero-order chi connectivity index (χ0) is 41.0. The molecule has 4 heterocycles. The van der Waals surface area contributed by atoms with Crippen molar-refractivity contribution in [2.45, 2.75) is 13.0 Å². The molecule has 10 rings (SSSR count). The fourth-order valence-corrected chi connectivity index (χ4v) is 8.35. The van der Waals surface area contributed by atoms with E-state index in [0.717, 1.165) is 62.2 Å². The summed E-state index contributed by atoms with van der Waals surface area (Å²) in [7, 11) is 0. The summed E-state index contributed by atoms with van der Waals surface area (Å²) in [5, 5.41) is 6.79. The molecule has 292 valence electrons. The van der Waals surface area contributed by atoms with Crippen LogP contribution in [0.15, 0.2) is 219 Å². The van der Waals surface area contributed by atoms with E-state index in [-0.39, 0.29) is 6.04 Å². The van der Waals surface area contributed by atoms with Crippen LogP contribution in [0.4, 0.5) is 0 Å². The second-order valence-electron chi connectivity index (χ2n) is 15.7. The van der Waals surface area contributed by atoms with Gasteiger partial charge in [0.15, 0.2) is 0 Å². The Morgan fingerprint density at radius 3 is 1.15 bits per heavy atom. The van der Waals surface area contributed by atoms with E-state index in [9.17, 15) is 0 Å². The van der Waals surface area contributed by atoms with Crippen LogP contribution >= 0.6 is 0 Å². The highest BCUT2D eigenvalue weighted by Gasteiger charge is 2.15. The van der Waals surface area contributed by atoms with Crippen LogP contribution in [0.3, 0.4) is 0 Å². The van der Waals surface area contributed by atoms with Crippen LogP contribution in [0, 0.1) is 0 Å². The molecular weight excluding hydrogens is 741 g/mol. The van der Waals surface area contributed by atoms with E-state index in [1.807, 2.05) is 49.3 Å². The van der Waals surface area contributed by atoms with Gasteiger partial charge in [0.2, 0.25) is 0 Å². The largest absolute Gasteiger partial charge is 0.387 e. The lowest BCUT2D eigenvalue weighted by molar-refractivity contribution is 0.779. The summed E-state index contributed by atoms with van der Waals surface area (Å²) >= 11 is 0. The van der Waals surface area contributed by atoms with Crippen molar-refractivity contribution in [1.29, 1.82) is 0 Å². The third-order valence-electron chi connectivity index (χ3n) is 11.8. The summed E-state index contributed by atoms with van der Waals surface area (Å²) in [6.07, 6.45) is 20.0. The molecule has 1 atom stereocenters. The van der Waals surface area contributed by atoms with Gasteiger partial charge in [-0.05, 0) is 180 Å². The van der Waals surface area contributed by atoms with Crippen molar-refractivity contribution >= 4 is 11.1 Å². The summed E-state index contributed by atoms with van der Waals surface area (Å²) in [6, 6.07) is 58.2. The Kier molecular flexibility index (Phi) is 10.3. The molecule has 0 saturated carbocycles. The predicted molar refractivity (Wildman–Crippen MR) is 255 cm³/mol. The lowest BCUT2D eigenvalue weighted by atomic mass is 9.88. The second-order valence-corrected chi connectivity index (χ2v) is 15.7. The normalized spacial score (nSPS) is 14.4. The van der Waals surface area contributed by atoms with Crippen LogP contribution in [0.25, 0.3) is 89.0 Å². The van der Waals surface area contributed by atoms with E-state index in [0.29, 0.717) is 0 Å². The summed E-state index contributed by atoms with van der Waals surface area (Å²) in [4.78, 5) is 8.70. The zero-order valence-electron chi connectivity index (χ0n) is 34.0. The first-order chi connectivity index (χ1) is 30.1. The number of nitrogens with zero attached hydrogens (tertiary/aromatic N) is 2. The van der Waals surface area contributed by atoms with Crippen molar-refractivity contribution in [3.8, 4) is 77.9 Å². The molecule has 6 aromatic carbocycles. The van der Waals surface area contributed by atoms with Crippen molar-refractivity contribution in [2.75, 3.05) is 6.54 Å². The number of benzene rings is 6. The van der Waals surface area contributed by atoms with Gasteiger partial charge in [0.25, 0.3) is 0 Å². The van der Waals surface area contributed by atoms with E-state index in [1.54, 1.807) is 0 Å². The topological polar surface area (TPSA) is 49.8 Å². The second kappa shape index (κ2) is 16.8. The molecule has 2 aromatic heterocycles. The molecule has 2 N–H and O–H groups in total. The van der Waals surface area contributed by atoms with Gasteiger partial charge in [-0.25, -0.2) is 0 Å². The maximum Gasteiger partial charge on any atom is 0.0486 e. The number of hydrogen-bond acceptors (Lipinski definition) is 4. The molecule has 8 aromatic rings. The fourth-order valence-electron chi connectivity index (χ4n) is 8.35. The van der Waals surface area contributed by atoms with Gasteiger partial charge < -0.3 is 10.6 Å². The number of aromatic nitrogens is 2. The Hall–Kier alpha value is -7.82. The first-order valence-electron chi connectivity index (χ1n) is 20.9. The lowest BCUT2D eigenvalue weighted by Crippen LogP contribution is -2.23. The van der Waals surface area contributed by atoms with Crippen LogP contribution in [-0.2, 0) is 0 Å². The number of pyridine rings is 2. The van der Waals surface area contributed by atoms with Crippen molar-refractivity contribution in [1.82, 2.24) is 20.6 Å². The Labute approximate surface area is 358 Å². The quantitative estimate of drug-likeness (QED) is 0.153. The minimum absolute atomic E-state index is 0.254. The molecule has 0 spiro atoms. The Bertz CT molecular complexity index is 2840. The molecule has 2 aliphatic rings. The lowest BCUT2D eigenvalue weighted by Gasteiger charge is -2.20. The molecule has 4 nitrogen and oxygen atoms in total. The third kappa shape index (κ3) is 8.12. The molecule has 1 unspecified atom stereocenters. The van der Waals surface area contributed by atoms with Gasteiger partial charge in [0.1, 0.15) is 0 Å². The monoisotopic (exact) mass is 784 g/mol. The average molecular weight is 785 g/mol. The molecule has 0 bridgehead atoms. The molecule has 0 amide bonds. The number of hydrogen-bond donors (Lipinski definition) is 2. The van der Waals surface area contributed by atoms with Gasteiger partial charge in [-0.15, -0.1) is 0 Å². The molecule has 61 heavy (non-hydrogen) atoms. The van der Waals surface area contributed by atoms with E-state index >= 15 is 0 Å². The zero-order valence-corrected chi connectivity index (χ0v) is 34.0. The number of nitrogens with one attached hydrogen (secondary N) is 2. The number of allylic oxidation sites excluding steroid dienone is 4. The molecule has 2 aliphatic heterocycles. The van der Waals surface area contributed by atoms with E-state index in [2.05, 4.69) is 197 Å². The van der Waals surface area contributed by atoms with Gasteiger partial charge >= 0.3 is 0 Å². The standard InChI is InChI=1S/C57H44N4/c1-39-57(9-5-29-61-39)47-24-22-46(23-25-47)54-31-53(45-20-14-42(15-21-45)50-8-4-28-60-38-50)34-56(35-54)55-32-51(43-16-10-40(11-17-43)48-6-2-26-58-36-48)30-52(33-55)44-18-12-41(13-19-44)49-7-3-27-59-37-49/h2-37,39,60-61H,38H2,1H3. The molecule has 0 saturated heterocycles. The molecule has 0 radical (unpaired) electrons. The van der Waals surface area contributed by atoms with Crippen molar-refractivity contribution < 1.29 is 0 Å². The highest BCUT2D eigenvalue weighted by molar-refractivity contribution is 5.87. The number of dihydropyridines is 2. The Morgan fingerprint density at radius 2 is 0.770 bits per heavy atom. The average Bonchev–Trinajstić information content (AvgIpc) is 3.35. The Morgan fingerprint density at radius 1 is 0.393 bits per heavy atom. The molecule has 4 heteroatoms.